The van der Waals surface area contributed by atoms with Crippen molar-refractivity contribution in [1.82, 2.24) is 0 Å². The van der Waals surface area contributed by atoms with Gasteiger partial charge in [-0.15, -0.1) is 0 Å². The number of para-hydroxylation sites is 1. The van der Waals surface area contributed by atoms with Crippen LogP contribution in [0.15, 0.2) is 84.0 Å². The van der Waals surface area contributed by atoms with E-state index in [0.717, 1.165) is 11.3 Å². The zero-order chi connectivity index (χ0) is 19.8. The summed E-state index contributed by atoms with van der Waals surface area (Å²) >= 11 is 0. The lowest BCUT2D eigenvalue weighted by Crippen LogP contribution is -2.18. The maximum Gasteiger partial charge on any atom is 0.128 e. The highest BCUT2D eigenvalue weighted by atomic mass is 16.5. The zero-order valence-electron chi connectivity index (χ0n) is 16.2. The molecule has 0 amide bonds. The summed E-state index contributed by atoms with van der Waals surface area (Å²) in [6, 6.07) is 26.1. The van der Waals surface area contributed by atoms with E-state index in [0.29, 0.717) is 19.0 Å². The number of benzene rings is 3. The molecule has 1 N–H and O–H groups in total. The van der Waals surface area contributed by atoms with Crippen molar-refractivity contribution in [3.8, 4) is 11.5 Å². The third-order valence-corrected chi connectivity index (χ3v) is 4.80. The molecule has 0 heterocycles. The van der Waals surface area contributed by atoms with Crippen LogP contribution in [-0.4, -0.2) is 24.6 Å². The summed E-state index contributed by atoms with van der Waals surface area (Å²) in [5.41, 5.74) is 3.17. The Kier molecular flexibility index (Phi) is 6.33. The lowest BCUT2D eigenvalue weighted by Gasteiger charge is -2.26. The second kappa shape index (κ2) is 9.09. The quantitative estimate of drug-likeness (QED) is 0.252. The summed E-state index contributed by atoms with van der Waals surface area (Å²) in [5.74, 6) is 1.46. The van der Waals surface area contributed by atoms with E-state index in [9.17, 15) is 0 Å². The molecule has 3 rings (SSSR count). The molecule has 0 aliphatic heterocycles. The minimum atomic E-state index is -0.0686. The summed E-state index contributed by atoms with van der Waals surface area (Å²) in [5, 5.41) is 11.8. The van der Waals surface area contributed by atoms with E-state index in [2.05, 4.69) is 55.4 Å². The second-order valence-corrected chi connectivity index (χ2v) is 6.99. The molecule has 0 aliphatic carbocycles. The molecule has 0 fully saturated rings. The third kappa shape index (κ3) is 4.71. The summed E-state index contributed by atoms with van der Waals surface area (Å²) in [4.78, 5) is 0. The maximum atomic E-state index is 8.71. The Morgan fingerprint density at radius 1 is 0.786 bits per heavy atom. The fourth-order valence-corrected chi connectivity index (χ4v) is 3.08. The van der Waals surface area contributed by atoms with Crippen molar-refractivity contribution in [1.29, 1.82) is 0 Å². The Labute approximate surface area is 166 Å². The Morgan fingerprint density at radius 3 is 2.11 bits per heavy atom. The Morgan fingerprint density at radius 2 is 1.39 bits per heavy atom. The number of hydrogen-bond donors (Lipinski definition) is 1. The van der Waals surface area contributed by atoms with E-state index in [1.54, 1.807) is 0 Å². The molecule has 0 saturated carbocycles. The summed E-state index contributed by atoms with van der Waals surface area (Å²) in [6.07, 6.45) is 1.35. The van der Waals surface area contributed by atoms with Crippen LogP contribution in [0.25, 0.3) is 0 Å². The van der Waals surface area contributed by atoms with Crippen LogP contribution < -0.4 is 9.47 Å². The number of rotatable bonds is 8. The average Bonchev–Trinajstić information content (AvgIpc) is 2.73. The van der Waals surface area contributed by atoms with Crippen LogP contribution in [0.1, 0.15) is 30.5 Å². The van der Waals surface area contributed by atoms with Gasteiger partial charge in [0.25, 0.3) is 0 Å². The molecule has 28 heavy (non-hydrogen) atoms. The standard InChI is InChI=1S/C24H25NO3/c1-24(2,20-9-4-3-5-10-20)21-12-14-22(15-13-21)27-16-17-28-23-11-7-6-8-19(23)18-25-26/h3-15,18,26H,16-17H2,1-2H3. The third-order valence-electron chi connectivity index (χ3n) is 4.80. The lowest BCUT2D eigenvalue weighted by atomic mass is 9.78. The van der Waals surface area contributed by atoms with Crippen molar-refractivity contribution in [2.75, 3.05) is 13.2 Å². The van der Waals surface area contributed by atoms with Crippen molar-refractivity contribution in [3.63, 3.8) is 0 Å². The van der Waals surface area contributed by atoms with Gasteiger partial charge in [0.2, 0.25) is 0 Å². The molecular formula is C24H25NO3. The first-order chi connectivity index (χ1) is 13.6. The summed E-state index contributed by atoms with van der Waals surface area (Å²) in [6.45, 7) is 5.26. The SMILES string of the molecule is CC(C)(c1ccccc1)c1ccc(OCCOc2ccccc2C=NO)cc1. The van der Waals surface area contributed by atoms with Crippen molar-refractivity contribution < 1.29 is 14.7 Å². The van der Waals surface area contributed by atoms with Crippen LogP contribution in [0.3, 0.4) is 0 Å². The van der Waals surface area contributed by atoms with Crippen molar-refractivity contribution in [2.45, 2.75) is 19.3 Å². The van der Waals surface area contributed by atoms with E-state index >= 15 is 0 Å². The van der Waals surface area contributed by atoms with E-state index in [1.807, 2.05) is 42.5 Å². The van der Waals surface area contributed by atoms with Gasteiger partial charge in [0.05, 0.1) is 6.21 Å². The van der Waals surface area contributed by atoms with E-state index in [4.69, 9.17) is 14.7 Å². The molecule has 4 nitrogen and oxygen atoms in total. The highest BCUT2D eigenvalue weighted by molar-refractivity contribution is 5.82. The highest BCUT2D eigenvalue weighted by Crippen LogP contribution is 2.32. The topological polar surface area (TPSA) is 51.0 Å². The van der Waals surface area contributed by atoms with Crippen LogP contribution in [0.2, 0.25) is 0 Å². The van der Waals surface area contributed by atoms with Gasteiger partial charge in [-0.1, -0.05) is 73.6 Å². The Bertz CT molecular complexity index is 903. The molecule has 144 valence electrons. The fourth-order valence-electron chi connectivity index (χ4n) is 3.08. The Balaban J connectivity index is 1.55. The van der Waals surface area contributed by atoms with E-state index in [1.165, 1.54) is 17.3 Å². The fraction of sp³-hybridized carbons (Fsp3) is 0.208. The molecule has 0 aliphatic rings. The predicted molar refractivity (Wildman–Crippen MR) is 112 cm³/mol. The van der Waals surface area contributed by atoms with Gasteiger partial charge in [0, 0.05) is 11.0 Å². The van der Waals surface area contributed by atoms with Gasteiger partial charge >= 0.3 is 0 Å². The van der Waals surface area contributed by atoms with Crippen LogP contribution in [0, 0.1) is 0 Å². The minimum Gasteiger partial charge on any atom is -0.490 e. The molecule has 0 saturated heterocycles. The van der Waals surface area contributed by atoms with Gasteiger partial charge < -0.3 is 14.7 Å². The van der Waals surface area contributed by atoms with Gasteiger partial charge in [-0.2, -0.15) is 0 Å². The first-order valence-corrected chi connectivity index (χ1v) is 9.29. The lowest BCUT2D eigenvalue weighted by molar-refractivity contribution is 0.217. The van der Waals surface area contributed by atoms with Crippen molar-refractivity contribution in [3.05, 3.63) is 95.6 Å². The summed E-state index contributed by atoms with van der Waals surface area (Å²) < 4.78 is 11.5. The maximum absolute atomic E-state index is 8.71. The monoisotopic (exact) mass is 375 g/mol. The van der Waals surface area contributed by atoms with E-state index in [-0.39, 0.29) is 5.41 Å². The highest BCUT2D eigenvalue weighted by Gasteiger charge is 2.22. The molecule has 3 aromatic carbocycles. The number of nitrogens with zero attached hydrogens (tertiary/aromatic N) is 1. The van der Waals surface area contributed by atoms with Gasteiger partial charge in [-0.25, -0.2) is 0 Å². The van der Waals surface area contributed by atoms with Gasteiger partial charge in [0.1, 0.15) is 24.7 Å². The van der Waals surface area contributed by atoms with Gasteiger partial charge in [-0.05, 0) is 35.4 Å². The van der Waals surface area contributed by atoms with Crippen LogP contribution >= 0.6 is 0 Å². The van der Waals surface area contributed by atoms with Gasteiger partial charge in [0.15, 0.2) is 0 Å². The number of hydrogen-bond acceptors (Lipinski definition) is 4. The molecular weight excluding hydrogens is 350 g/mol. The molecule has 0 radical (unpaired) electrons. The predicted octanol–water partition coefficient (Wildman–Crippen LogP) is 5.28. The molecule has 0 bridgehead atoms. The summed E-state index contributed by atoms with van der Waals surface area (Å²) in [7, 11) is 0. The molecule has 0 atom stereocenters. The minimum absolute atomic E-state index is 0.0686. The zero-order valence-corrected chi connectivity index (χ0v) is 16.2. The number of oxime groups is 1. The average molecular weight is 375 g/mol. The van der Waals surface area contributed by atoms with Crippen molar-refractivity contribution in [2.24, 2.45) is 5.16 Å². The number of ether oxygens (including phenoxy) is 2. The first-order valence-electron chi connectivity index (χ1n) is 9.29. The van der Waals surface area contributed by atoms with Crippen LogP contribution in [0.5, 0.6) is 11.5 Å². The molecule has 4 heteroatoms. The van der Waals surface area contributed by atoms with E-state index < -0.39 is 0 Å². The molecule has 3 aromatic rings. The Hall–Kier alpha value is -3.27. The molecule has 0 spiro atoms. The molecule has 0 aromatic heterocycles. The normalized spacial score (nSPS) is 11.5. The smallest absolute Gasteiger partial charge is 0.128 e. The largest absolute Gasteiger partial charge is 0.490 e. The molecule has 0 unspecified atom stereocenters. The van der Waals surface area contributed by atoms with Crippen LogP contribution in [-0.2, 0) is 5.41 Å². The second-order valence-electron chi connectivity index (χ2n) is 6.99. The van der Waals surface area contributed by atoms with Crippen molar-refractivity contribution >= 4 is 6.21 Å². The first kappa shape index (κ1) is 19.5. The van der Waals surface area contributed by atoms with Crippen LogP contribution in [0.4, 0.5) is 0 Å². The van der Waals surface area contributed by atoms with Gasteiger partial charge in [-0.3, -0.25) is 0 Å².